The van der Waals surface area contributed by atoms with Crippen LogP contribution in [-0.2, 0) is 10.0 Å². The average molecular weight is 278 g/mol. The zero-order valence-corrected chi connectivity index (χ0v) is 11.7. The third kappa shape index (κ3) is 2.69. The van der Waals surface area contributed by atoms with Gasteiger partial charge in [0.15, 0.2) is 0 Å². The van der Waals surface area contributed by atoms with Crippen LogP contribution in [0, 0.1) is 11.3 Å². The zero-order chi connectivity index (χ0) is 14.3. The van der Waals surface area contributed by atoms with E-state index in [1.165, 1.54) is 6.07 Å². The quantitative estimate of drug-likeness (QED) is 0.862. The summed E-state index contributed by atoms with van der Waals surface area (Å²) in [6, 6.07) is 6.95. The van der Waals surface area contributed by atoms with Crippen molar-refractivity contribution in [3.05, 3.63) is 18.2 Å². The Bertz CT molecular complexity index is 699. The maximum absolute atomic E-state index is 12.0. The zero-order valence-electron chi connectivity index (χ0n) is 10.9. The first-order valence-electron chi connectivity index (χ1n) is 5.66. The van der Waals surface area contributed by atoms with Gasteiger partial charge in [0.2, 0.25) is 0 Å². The van der Waals surface area contributed by atoms with Gasteiger partial charge in [-0.15, -0.1) is 4.40 Å². The Morgan fingerprint density at radius 2 is 2.11 bits per heavy atom. The Morgan fingerprint density at radius 3 is 2.74 bits per heavy atom. The lowest BCUT2D eigenvalue weighted by Gasteiger charge is -2.21. The number of anilines is 2. The summed E-state index contributed by atoms with van der Waals surface area (Å²) < 4.78 is 27.5. The third-order valence-corrected chi connectivity index (χ3v) is 3.98. The van der Waals surface area contributed by atoms with Crippen LogP contribution in [0.2, 0.25) is 0 Å². The molecular weight excluding hydrogens is 264 g/mol. The van der Waals surface area contributed by atoms with Crippen LogP contribution in [-0.4, -0.2) is 19.8 Å². The maximum Gasteiger partial charge on any atom is 0.286 e. The molecule has 0 radical (unpaired) electrons. The second-order valence-electron chi connectivity index (χ2n) is 4.85. The van der Waals surface area contributed by atoms with E-state index < -0.39 is 15.6 Å². The molecule has 100 valence electrons. The summed E-state index contributed by atoms with van der Waals surface area (Å²) in [6.45, 7) is 5.01. The first-order valence-corrected chi connectivity index (χ1v) is 7.10. The van der Waals surface area contributed by atoms with Crippen LogP contribution >= 0.6 is 0 Å². The highest BCUT2D eigenvalue weighted by molar-refractivity contribution is 7.90. The summed E-state index contributed by atoms with van der Waals surface area (Å²) in [5.41, 5.74) is 0.275. The monoisotopic (exact) mass is 278 g/mol. The van der Waals surface area contributed by atoms with Gasteiger partial charge in [-0.3, -0.25) is 0 Å². The van der Waals surface area contributed by atoms with E-state index >= 15 is 0 Å². The molecule has 19 heavy (non-hydrogen) atoms. The molecule has 0 unspecified atom stereocenters. The molecule has 0 spiro atoms. The first-order chi connectivity index (χ1) is 8.73. The SMILES string of the molecule is CC1=NS(=O)(=O)c2cc(NC(C)(C)C#N)ccc2N1. The molecule has 0 bridgehead atoms. The van der Waals surface area contributed by atoms with Gasteiger partial charge in [-0.25, -0.2) is 0 Å². The van der Waals surface area contributed by atoms with Crippen molar-refractivity contribution in [2.45, 2.75) is 31.2 Å². The lowest BCUT2D eigenvalue weighted by atomic mass is 10.1. The van der Waals surface area contributed by atoms with Gasteiger partial charge < -0.3 is 10.6 Å². The van der Waals surface area contributed by atoms with Gasteiger partial charge in [-0.2, -0.15) is 13.7 Å². The molecule has 1 aliphatic heterocycles. The molecule has 2 rings (SSSR count). The molecule has 7 heteroatoms. The maximum atomic E-state index is 12.0. The molecule has 0 atom stereocenters. The van der Waals surface area contributed by atoms with Gasteiger partial charge in [0.05, 0.1) is 11.8 Å². The van der Waals surface area contributed by atoms with Crippen molar-refractivity contribution >= 4 is 27.2 Å². The number of nitrogens with zero attached hydrogens (tertiary/aromatic N) is 2. The van der Waals surface area contributed by atoms with Crippen LogP contribution in [0.15, 0.2) is 27.5 Å². The lowest BCUT2D eigenvalue weighted by molar-refractivity contribution is 0.597. The van der Waals surface area contributed by atoms with Crippen molar-refractivity contribution in [3.63, 3.8) is 0 Å². The number of sulfonamides is 1. The number of nitrogens with one attached hydrogen (secondary N) is 2. The molecule has 0 amide bonds. The molecule has 1 aromatic rings. The van der Waals surface area contributed by atoms with E-state index in [1.807, 2.05) is 0 Å². The van der Waals surface area contributed by atoms with Gasteiger partial charge in [0.1, 0.15) is 16.3 Å². The fourth-order valence-electron chi connectivity index (χ4n) is 1.75. The molecule has 1 heterocycles. The van der Waals surface area contributed by atoms with Crippen LogP contribution in [0.5, 0.6) is 0 Å². The van der Waals surface area contributed by atoms with E-state index in [-0.39, 0.29) is 4.90 Å². The molecule has 0 saturated carbocycles. The minimum atomic E-state index is -3.67. The predicted octanol–water partition coefficient (Wildman–Crippen LogP) is 1.93. The summed E-state index contributed by atoms with van der Waals surface area (Å²) in [5.74, 6) is 0.338. The summed E-state index contributed by atoms with van der Waals surface area (Å²) in [7, 11) is -3.67. The minimum Gasteiger partial charge on any atom is -0.368 e. The summed E-state index contributed by atoms with van der Waals surface area (Å²) in [6.07, 6.45) is 0. The molecule has 0 saturated heterocycles. The second kappa shape index (κ2) is 4.24. The Kier molecular flexibility index (Phi) is 2.98. The fraction of sp³-hybridized carbons (Fsp3) is 0.333. The summed E-state index contributed by atoms with van der Waals surface area (Å²) in [5, 5.41) is 14.8. The number of fused-ring (bicyclic) bond motifs is 1. The van der Waals surface area contributed by atoms with E-state index in [1.54, 1.807) is 32.9 Å². The summed E-state index contributed by atoms with van der Waals surface area (Å²) >= 11 is 0. The van der Waals surface area contributed by atoms with Crippen LogP contribution in [0.4, 0.5) is 11.4 Å². The highest BCUT2D eigenvalue weighted by Gasteiger charge is 2.24. The van der Waals surface area contributed by atoms with Crippen molar-refractivity contribution in [2.24, 2.45) is 4.40 Å². The molecular formula is C12H14N4O2S. The number of hydrogen-bond acceptors (Lipinski definition) is 5. The molecule has 1 aromatic carbocycles. The van der Waals surface area contributed by atoms with Crippen LogP contribution in [0.1, 0.15) is 20.8 Å². The summed E-state index contributed by atoms with van der Waals surface area (Å²) in [4.78, 5) is 0.108. The van der Waals surface area contributed by atoms with Gasteiger partial charge in [0, 0.05) is 5.69 Å². The largest absolute Gasteiger partial charge is 0.368 e. The first kappa shape index (κ1) is 13.4. The van der Waals surface area contributed by atoms with Crippen LogP contribution < -0.4 is 10.6 Å². The number of hydrogen-bond donors (Lipinski definition) is 2. The van der Waals surface area contributed by atoms with Crippen molar-refractivity contribution in [1.29, 1.82) is 5.26 Å². The third-order valence-electron chi connectivity index (χ3n) is 2.57. The molecule has 0 aromatic heterocycles. The Morgan fingerprint density at radius 1 is 1.42 bits per heavy atom. The number of rotatable bonds is 2. The predicted molar refractivity (Wildman–Crippen MR) is 73.7 cm³/mol. The van der Waals surface area contributed by atoms with Gasteiger partial charge in [-0.05, 0) is 39.0 Å². The van der Waals surface area contributed by atoms with Crippen molar-refractivity contribution < 1.29 is 8.42 Å². The topological polar surface area (TPSA) is 94.3 Å². The van der Waals surface area contributed by atoms with E-state index in [0.717, 1.165) is 0 Å². The van der Waals surface area contributed by atoms with E-state index in [2.05, 4.69) is 21.1 Å². The van der Waals surface area contributed by atoms with Crippen molar-refractivity contribution in [2.75, 3.05) is 10.6 Å². The Labute approximate surface area is 112 Å². The molecule has 6 nitrogen and oxygen atoms in total. The highest BCUT2D eigenvalue weighted by Crippen LogP contribution is 2.30. The standard InChI is InChI=1S/C12H14N4O2S/c1-8-14-10-5-4-9(15-12(2,3)7-13)6-11(10)19(17,18)16-8/h4-6,15H,1-3H3,(H,14,16). The fourth-order valence-corrected chi connectivity index (χ4v) is 2.93. The minimum absolute atomic E-state index is 0.108. The van der Waals surface area contributed by atoms with Crippen molar-refractivity contribution in [1.82, 2.24) is 0 Å². The van der Waals surface area contributed by atoms with Crippen LogP contribution in [0.3, 0.4) is 0 Å². The van der Waals surface area contributed by atoms with Gasteiger partial charge in [0.25, 0.3) is 10.0 Å². The normalized spacial score (nSPS) is 16.6. The molecule has 2 N–H and O–H groups in total. The van der Waals surface area contributed by atoms with E-state index in [4.69, 9.17) is 5.26 Å². The average Bonchev–Trinajstić information content (AvgIpc) is 2.29. The van der Waals surface area contributed by atoms with Gasteiger partial charge in [-0.1, -0.05) is 0 Å². The van der Waals surface area contributed by atoms with Crippen LogP contribution in [0.25, 0.3) is 0 Å². The molecule has 1 aliphatic rings. The van der Waals surface area contributed by atoms with Crippen molar-refractivity contribution in [3.8, 4) is 6.07 Å². The van der Waals surface area contributed by atoms with Gasteiger partial charge >= 0.3 is 0 Å². The highest BCUT2D eigenvalue weighted by atomic mass is 32.2. The number of benzene rings is 1. The number of nitriles is 1. The second-order valence-corrected chi connectivity index (χ2v) is 6.42. The smallest absolute Gasteiger partial charge is 0.286 e. The molecule has 0 aliphatic carbocycles. The Hall–Kier alpha value is -2.07. The lowest BCUT2D eigenvalue weighted by Crippen LogP contribution is -2.28. The molecule has 0 fully saturated rings. The number of amidine groups is 1. The van der Waals surface area contributed by atoms with E-state index in [0.29, 0.717) is 17.2 Å². The Balaban J connectivity index is 2.46. The van der Waals surface area contributed by atoms with E-state index in [9.17, 15) is 8.42 Å².